The number of rotatable bonds is 18. The van der Waals surface area contributed by atoms with E-state index in [-0.39, 0.29) is 11.3 Å². The fraction of sp³-hybridized carbons (Fsp3) is 0.529. The average molecular weight is 534 g/mol. The van der Waals surface area contributed by atoms with Crippen molar-refractivity contribution in [1.82, 2.24) is 4.90 Å². The largest absolute Gasteiger partial charge is 0.507 e. The van der Waals surface area contributed by atoms with Crippen molar-refractivity contribution in [3.05, 3.63) is 71.3 Å². The van der Waals surface area contributed by atoms with Crippen LogP contribution >= 0.6 is 0 Å². The Morgan fingerprint density at radius 3 is 1.77 bits per heavy atom. The SMILES string of the molecule is CCCCCCCCCCCCCCCCN1C(=O)C(=O)/C(=C(/O)c2ccccc2)[C@@H]1c1ccc(OC)cc1. The molecule has 0 spiro atoms. The molecule has 0 unspecified atom stereocenters. The molecule has 2 aromatic carbocycles. The summed E-state index contributed by atoms with van der Waals surface area (Å²) in [5.41, 5.74) is 1.48. The third-order valence-corrected chi connectivity index (χ3v) is 7.77. The van der Waals surface area contributed by atoms with Gasteiger partial charge >= 0.3 is 0 Å². The predicted octanol–water partition coefficient (Wildman–Crippen LogP) is 8.60. The maximum atomic E-state index is 13.2. The van der Waals surface area contributed by atoms with Gasteiger partial charge in [0.15, 0.2) is 0 Å². The number of carbonyl (C=O) groups excluding carboxylic acids is 2. The molecule has 0 bridgehead atoms. The van der Waals surface area contributed by atoms with Crippen LogP contribution in [-0.4, -0.2) is 35.4 Å². The Kier molecular flexibility index (Phi) is 13.1. The molecular weight excluding hydrogens is 486 g/mol. The number of ketones is 1. The van der Waals surface area contributed by atoms with Gasteiger partial charge < -0.3 is 14.7 Å². The van der Waals surface area contributed by atoms with Gasteiger partial charge in [0.2, 0.25) is 0 Å². The molecule has 1 heterocycles. The summed E-state index contributed by atoms with van der Waals surface area (Å²) in [4.78, 5) is 27.9. The molecule has 39 heavy (non-hydrogen) atoms. The van der Waals surface area contributed by atoms with Crippen molar-refractivity contribution >= 4 is 17.4 Å². The molecule has 5 nitrogen and oxygen atoms in total. The number of nitrogens with zero attached hydrogens (tertiary/aromatic N) is 1. The van der Waals surface area contributed by atoms with Gasteiger partial charge in [-0.3, -0.25) is 9.59 Å². The van der Waals surface area contributed by atoms with E-state index in [9.17, 15) is 14.7 Å². The fourth-order valence-electron chi connectivity index (χ4n) is 5.47. The first-order chi connectivity index (χ1) is 19.1. The number of hydrogen-bond donors (Lipinski definition) is 1. The summed E-state index contributed by atoms with van der Waals surface area (Å²) in [5, 5.41) is 11.1. The molecule has 0 saturated carbocycles. The first-order valence-electron chi connectivity index (χ1n) is 15.1. The molecule has 5 heteroatoms. The van der Waals surface area contributed by atoms with Gasteiger partial charge in [-0.2, -0.15) is 0 Å². The average Bonchev–Trinajstić information content (AvgIpc) is 3.22. The number of ether oxygens (including phenoxy) is 1. The van der Waals surface area contributed by atoms with Crippen molar-refractivity contribution in [2.24, 2.45) is 0 Å². The van der Waals surface area contributed by atoms with E-state index in [0.717, 1.165) is 24.8 Å². The quantitative estimate of drug-likeness (QED) is 0.0901. The first kappa shape index (κ1) is 30.5. The lowest BCUT2D eigenvalue weighted by Crippen LogP contribution is -2.30. The third-order valence-electron chi connectivity index (χ3n) is 7.77. The molecule has 0 aromatic heterocycles. The van der Waals surface area contributed by atoms with Crippen LogP contribution in [0.5, 0.6) is 5.75 Å². The minimum Gasteiger partial charge on any atom is -0.507 e. The highest BCUT2D eigenvalue weighted by molar-refractivity contribution is 6.46. The number of methoxy groups -OCH3 is 1. The maximum Gasteiger partial charge on any atom is 0.295 e. The van der Waals surface area contributed by atoms with E-state index in [4.69, 9.17) is 4.74 Å². The lowest BCUT2D eigenvalue weighted by Gasteiger charge is -2.25. The van der Waals surface area contributed by atoms with Gasteiger partial charge in [-0.25, -0.2) is 0 Å². The molecule has 1 fully saturated rings. The van der Waals surface area contributed by atoms with Gasteiger partial charge in [0.05, 0.1) is 18.7 Å². The van der Waals surface area contributed by atoms with Crippen LogP contribution in [0.15, 0.2) is 60.2 Å². The number of likely N-dealkylation sites (tertiary alicyclic amines) is 1. The number of unbranched alkanes of at least 4 members (excludes halogenated alkanes) is 13. The number of amides is 1. The molecular formula is C34H47NO4. The van der Waals surface area contributed by atoms with Crippen LogP contribution in [-0.2, 0) is 9.59 Å². The number of Topliss-reactive ketones (excluding diaryl/α,β-unsaturated/α-hetero) is 1. The van der Waals surface area contributed by atoms with E-state index in [0.29, 0.717) is 17.9 Å². The van der Waals surface area contributed by atoms with E-state index in [1.54, 1.807) is 24.1 Å². The standard InChI is InChI=1S/C34H47NO4/c1-3-4-5-6-7-8-9-10-11-12-13-14-15-19-26-35-31(27-22-24-29(39-2)25-23-27)30(33(37)34(35)38)32(36)28-20-17-16-18-21-28/h16-18,20-25,31,36H,3-15,19,26H2,1-2H3/b32-30+/t31-/m0/s1. The highest BCUT2D eigenvalue weighted by atomic mass is 16.5. The van der Waals surface area contributed by atoms with Crippen LogP contribution < -0.4 is 4.74 Å². The van der Waals surface area contributed by atoms with E-state index in [1.165, 1.54) is 70.6 Å². The van der Waals surface area contributed by atoms with E-state index in [1.807, 2.05) is 42.5 Å². The molecule has 1 atom stereocenters. The maximum absolute atomic E-state index is 13.2. The number of hydrogen-bond acceptors (Lipinski definition) is 4. The predicted molar refractivity (Wildman–Crippen MR) is 159 cm³/mol. The minimum absolute atomic E-state index is 0.127. The Labute approximate surface area is 235 Å². The Morgan fingerprint density at radius 2 is 1.26 bits per heavy atom. The minimum atomic E-state index is -0.623. The Bertz CT molecular complexity index is 1040. The summed E-state index contributed by atoms with van der Waals surface area (Å²) in [7, 11) is 1.60. The van der Waals surface area contributed by atoms with Gasteiger partial charge in [0, 0.05) is 12.1 Å². The smallest absolute Gasteiger partial charge is 0.295 e. The zero-order valence-electron chi connectivity index (χ0n) is 24.0. The molecule has 212 valence electrons. The zero-order chi connectivity index (χ0) is 27.9. The summed E-state index contributed by atoms with van der Waals surface area (Å²) in [6, 6.07) is 15.7. The first-order valence-corrected chi connectivity index (χ1v) is 15.1. The molecule has 1 N–H and O–H groups in total. The van der Waals surface area contributed by atoms with Crippen LogP contribution in [0.25, 0.3) is 5.76 Å². The molecule has 1 aliphatic heterocycles. The number of benzene rings is 2. The van der Waals surface area contributed by atoms with Gasteiger partial charge in [-0.15, -0.1) is 0 Å². The highest BCUT2D eigenvalue weighted by Crippen LogP contribution is 2.40. The monoisotopic (exact) mass is 533 g/mol. The molecule has 0 radical (unpaired) electrons. The van der Waals surface area contributed by atoms with Crippen molar-refractivity contribution < 1.29 is 19.4 Å². The number of carbonyl (C=O) groups is 2. The second-order valence-corrected chi connectivity index (χ2v) is 10.7. The Balaban J connectivity index is 1.52. The molecule has 1 saturated heterocycles. The summed E-state index contributed by atoms with van der Waals surface area (Å²) >= 11 is 0. The van der Waals surface area contributed by atoms with Gasteiger partial charge in [-0.05, 0) is 24.1 Å². The third kappa shape index (κ3) is 8.98. The molecule has 3 rings (SSSR count). The van der Waals surface area contributed by atoms with E-state index >= 15 is 0 Å². The highest BCUT2D eigenvalue weighted by Gasteiger charge is 2.45. The van der Waals surface area contributed by atoms with Crippen molar-refractivity contribution in [2.75, 3.05) is 13.7 Å². The van der Waals surface area contributed by atoms with E-state index in [2.05, 4.69) is 6.92 Å². The summed E-state index contributed by atoms with van der Waals surface area (Å²) in [6.45, 7) is 2.75. The van der Waals surface area contributed by atoms with Gasteiger partial charge in [0.25, 0.3) is 11.7 Å². The summed E-state index contributed by atoms with van der Waals surface area (Å²) < 4.78 is 5.29. The molecule has 1 aliphatic rings. The van der Waals surface area contributed by atoms with Crippen molar-refractivity contribution in [1.29, 1.82) is 0 Å². The van der Waals surface area contributed by atoms with Crippen LogP contribution in [0.2, 0.25) is 0 Å². The van der Waals surface area contributed by atoms with Crippen LogP contribution in [0.4, 0.5) is 0 Å². The van der Waals surface area contributed by atoms with Crippen molar-refractivity contribution in [3.63, 3.8) is 0 Å². The van der Waals surface area contributed by atoms with Gasteiger partial charge in [0.1, 0.15) is 11.5 Å². The lowest BCUT2D eigenvalue weighted by atomic mass is 9.95. The lowest BCUT2D eigenvalue weighted by molar-refractivity contribution is -0.139. The molecule has 1 amide bonds. The zero-order valence-corrected chi connectivity index (χ0v) is 24.0. The number of aliphatic hydroxyl groups is 1. The van der Waals surface area contributed by atoms with Crippen LogP contribution in [0.1, 0.15) is 114 Å². The fourth-order valence-corrected chi connectivity index (χ4v) is 5.47. The second kappa shape index (κ2) is 16.8. The summed E-state index contributed by atoms with van der Waals surface area (Å²) in [6.07, 6.45) is 17.7. The Hall–Kier alpha value is -3.08. The van der Waals surface area contributed by atoms with Crippen molar-refractivity contribution in [3.8, 4) is 5.75 Å². The number of aliphatic hydroxyl groups excluding tert-OH is 1. The molecule has 0 aliphatic carbocycles. The Morgan fingerprint density at radius 1 is 0.744 bits per heavy atom. The normalized spacial score (nSPS) is 16.7. The van der Waals surface area contributed by atoms with Crippen LogP contribution in [0.3, 0.4) is 0 Å². The summed E-state index contributed by atoms with van der Waals surface area (Å²) in [5.74, 6) is -0.588. The van der Waals surface area contributed by atoms with Gasteiger partial charge in [-0.1, -0.05) is 133 Å². The second-order valence-electron chi connectivity index (χ2n) is 10.7. The van der Waals surface area contributed by atoms with Crippen LogP contribution in [0, 0.1) is 0 Å². The van der Waals surface area contributed by atoms with E-state index < -0.39 is 17.7 Å². The van der Waals surface area contributed by atoms with Crippen molar-refractivity contribution in [2.45, 2.75) is 103 Å². The topological polar surface area (TPSA) is 66.8 Å². The molecule has 2 aromatic rings.